The molecule has 0 aromatic heterocycles. The van der Waals surface area contributed by atoms with Crippen LogP contribution < -0.4 is 4.74 Å². The quantitative estimate of drug-likeness (QED) is 0.822. The van der Waals surface area contributed by atoms with E-state index in [9.17, 15) is 4.79 Å². The maximum atomic E-state index is 11.1. The third-order valence-electron chi connectivity index (χ3n) is 2.99. The zero-order valence-electron chi connectivity index (χ0n) is 10.7. The zero-order chi connectivity index (χ0) is 12.8. The molecule has 0 amide bonds. The molecule has 0 fully saturated rings. The van der Waals surface area contributed by atoms with Crippen LogP contribution in [0.15, 0.2) is 18.2 Å². The predicted octanol–water partition coefficient (Wildman–Crippen LogP) is 3.51. The number of carboxylic acids is 1. The number of hydrogen-bond acceptors (Lipinski definition) is 2. The van der Waals surface area contributed by atoms with Gasteiger partial charge in [-0.3, -0.25) is 0 Å². The van der Waals surface area contributed by atoms with Crippen molar-refractivity contribution >= 4 is 5.97 Å². The van der Waals surface area contributed by atoms with Crippen LogP contribution in [0.1, 0.15) is 42.6 Å². The minimum absolute atomic E-state index is 0.246. The summed E-state index contributed by atoms with van der Waals surface area (Å²) in [5.74, 6) is 0.0150. The molecule has 0 aliphatic heterocycles. The highest BCUT2D eigenvalue weighted by atomic mass is 16.5. The van der Waals surface area contributed by atoms with Crippen molar-refractivity contribution in [3.63, 3.8) is 0 Å². The molecule has 17 heavy (non-hydrogen) atoms. The molecule has 0 heterocycles. The van der Waals surface area contributed by atoms with E-state index in [0.29, 0.717) is 18.3 Å². The van der Waals surface area contributed by atoms with Gasteiger partial charge >= 0.3 is 5.97 Å². The van der Waals surface area contributed by atoms with Crippen LogP contribution in [0.25, 0.3) is 0 Å². The normalized spacial score (nSPS) is 10.6. The van der Waals surface area contributed by atoms with Crippen molar-refractivity contribution in [2.24, 2.45) is 5.92 Å². The highest BCUT2D eigenvalue weighted by Gasteiger charge is 2.13. The number of hydrogen-bond donors (Lipinski definition) is 1. The second-order valence-electron chi connectivity index (χ2n) is 4.30. The summed E-state index contributed by atoms with van der Waals surface area (Å²) >= 11 is 0. The van der Waals surface area contributed by atoms with Gasteiger partial charge in [-0.2, -0.15) is 0 Å². The number of aromatic carboxylic acids is 1. The van der Waals surface area contributed by atoms with Crippen molar-refractivity contribution in [2.45, 2.75) is 33.6 Å². The molecule has 3 heteroatoms. The molecule has 0 aliphatic rings. The molecule has 1 N–H and O–H groups in total. The van der Waals surface area contributed by atoms with Gasteiger partial charge in [-0.15, -0.1) is 0 Å². The van der Waals surface area contributed by atoms with Gasteiger partial charge in [0.15, 0.2) is 0 Å². The van der Waals surface area contributed by atoms with Crippen molar-refractivity contribution in [1.82, 2.24) is 0 Å². The van der Waals surface area contributed by atoms with E-state index in [0.717, 1.165) is 18.4 Å². The SMILES string of the molecule is CCC(CC)COc1ccc(C)cc1C(=O)O. The molecule has 94 valence electrons. The Morgan fingerprint density at radius 2 is 2.00 bits per heavy atom. The number of carbonyl (C=O) groups is 1. The minimum atomic E-state index is -0.937. The van der Waals surface area contributed by atoms with Gasteiger partial charge in [-0.25, -0.2) is 4.79 Å². The van der Waals surface area contributed by atoms with Crippen molar-refractivity contribution in [1.29, 1.82) is 0 Å². The first-order valence-corrected chi connectivity index (χ1v) is 6.05. The lowest BCUT2D eigenvalue weighted by molar-refractivity contribution is 0.0691. The molecule has 0 aliphatic carbocycles. The average Bonchev–Trinajstić information content (AvgIpc) is 2.31. The number of carboxylic acid groups (broad SMARTS) is 1. The fraction of sp³-hybridized carbons (Fsp3) is 0.500. The van der Waals surface area contributed by atoms with Gasteiger partial charge in [0.2, 0.25) is 0 Å². The first-order valence-electron chi connectivity index (χ1n) is 6.05. The Morgan fingerprint density at radius 1 is 1.35 bits per heavy atom. The van der Waals surface area contributed by atoms with Gasteiger partial charge < -0.3 is 9.84 Å². The van der Waals surface area contributed by atoms with Crippen LogP contribution in [0.5, 0.6) is 5.75 Å². The van der Waals surface area contributed by atoms with E-state index in [1.807, 2.05) is 13.0 Å². The van der Waals surface area contributed by atoms with Crippen LogP contribution in [0.3, 0.4) is 0 Å². The first kappa shape index (κ1) is 13.6. The molecule has 0 unspecified atom stereocenters. The molecule has 1 aromatic rings. The summed E-state index contributed by atoms with van der Waals surface area (Å²) < 4.78 is 5.62. The van der Waals surface area contributed by atoms with E-state index < -0.39 is 5.97 Å². The lowest BCUT2D eigenvalue weighted by atomic mass is 10.1. The van der Waals surface area contributed by atoms with Gasteiger partial charge in [-0.1, -0.05) is 38.3 Å². The Balaban J connectivity index is 2.80. The second kappa shape index (κ2) is 6.28. The Labute approximate surface area is 102 Å². The number of benzene rings is 1. The van der Waals surface area contributed by atoms with Crippen molar-refractivity contribution < 1.29 is 14.6 Å². The van der Waals surface area contributed by atoms with Crippen LogP contribution in [0.4, 0.5) is 0 Å². The zero-order valence-corrected chi connectivity index (χ0v) is 10.7. The van der Waals surface area contributed by atoms with E-state index in [1.54, 1.807) is 12.1 Å². The average molecular weight is 236 g/mol. The smallest absolute Gasteiger partial charge is 0.339 e. The van der Waals surface area contributed by atoms with Crippen LogP contribution in [-0.2, 0) is 0 Å². The molecule has 1 rings (SSSR count). The third kappa shape index (κ3) is 3.77. The maximum Gasteiger partial charge on any atom is 0.339 e. The highest BCUT2D eigenvalue weighted by Crippen LogP contribution is 2.21. The molecule has 0 saturated heterocycles. The molecule has 0 spiro atoms. The van der Waals surface area contributed by atoms with E-state index in [4.69, 9.17) is 9.84 Å². The van der Waals surface area contributed by atoms with Crippen LogP contribution >= 0.6 is 0 Å². The Hall–Kier alpha value is -1.51. The van der Waals surface area contributed by atoms with Crippen LogP contribution in [0.2, 0.25) is 0 Å². The summed E-state index contributed by atoms with van der Waals surface area (Å²) in [7, 11) is 0. The fourth-order valence-electron chi connectivity index (χ4n) is 1.67. The minimum Gasteiger partial charge on any atom is -0.492 e. The van der Waals surface area contributed by atoms with Gasteiger partial charge in [0.05, 0.1) is 6.61 Å². The van der Waals surface area contributed by atoms with Crippen molar-refractivity contribution in [3.8, 4) is 5.75 Å². The summed E-state index contributed by atoms with van der Waals surface area (Å²) in [6.45, 7) is 6.68. The lowest BCUT2D eigenvalue weighted by Gasteiger charge is -2.15. The van der Waals surface area contributed by atoms with E-state index in [-0.39, 0.29) is 5.56 Å². The molecule has 1 aromatic carbocycles. The first-order chi connectivity index (χ1) is 8.08. The summed E-state index contributed by atoms with van der Waals surface area (Å²) in [5, 5.41) is 9.09. The lowest BCUT2D eigenvalue weighted by Crippen LogP contribution is -2.12. The Kier molecular flexibility index (Phi) is 5.01. The number of rotatable bonds is 6. The standard InChI is InChI=1S/C14H20O3/c1-4-11(5-2)9-17-13-7-6-10(3)8-12(13)14(15)16/h6-8,11H,4-5,9H2,1-3H3,(H,15,16). The molecule has 0 saturated carbocycles. The van der Waals surface area contributed by atoms with Gasteiger partial charge in [0, 0.05) is 0 Å². The molecule has 3 nitrogen and oxygen atoms in total. The summed E-state index contributed by atoms with van der Waals surface area (Å²) in [6.07, 6.45) is 2.09. The summed E-state index contributed by atoms with van der Waals surface area (Å²) in [6, 6.07) is 5.25. The molecular weight excluding hydrogens is 216 g/mol. The largest absolute Gasteiger partial charge is 0.492 e. The van der Waals surface area contributed by atoms with Crippen LogP contribution in [-0.4, -0.2) is 17.7 Å². The third-order valence-corrected chi connectivity index (χ3v) is 2.99. The Bertz CT molecular complexity index is 381. The monoisotopic (exact) mass is 236 g/mol. The summed E-state index contributed by atoms with van der Waals surface area (Å²) in [5.41, 5.74) is 1.17. The summed E-state index contributed by atoms with van der Waals surface area (Å²) in [4.78, 5) is 11.1. The molecule has 0 radical (unpaired) electrons. The van der Waals surface area contributed by atoms with Crippen LogP contribution in [0, 0.1) is 12.8 Å². The number of aryl methyl sites for hydroxylation is 1. The van der Waals surface area contributed by atoms with E-state index in [1.165, 1.54) is 0 Å². The molecule has 0 atom stereocenters. The van der Waals surface area contributed by atoms with Gasteiger partial charge in [0.25, 0.3) is 0 Å². The van der Waals surface area contributed by atoms with Crippen molar-refractivity contribution in [3.05, 3.63) is 29.3 Å². The predicted molar refractivity (Wildman–Crippen MR) is 67.7 cm³/mol. The number of ether oxygens (including phenoxy) is 1. The molecule has 0 bridgehead atoms. The van der Waals surface area contributed by atoms with E-state index in [2.05, 4.69) is 13.8 Å². The molecular formula is C14H20O3. The Morgan fingerprint density at radius 3 is 2.53 bits per heavy atom. The fourth-order valence-corrected chi connectivity index (χ4v) is 1.67. The topological polar surface area (TPSA) is 46.5 Å². The maximum absolute atomic E-state index is 11.1. The highest BCUT2D eigenvalue weighted by molar-refractivity contribution is 5.91. The van der Waals surface area contributed by atoms with Gasteiger partial charge in [0.1, 0.15) is 11.3 Å². The second-order valence-corrected chi connectivity index (χ2v) is 4.30. The van der Waals surface area contributed by atoms with Gasteiger partial charge in [-0.05, 0) is 25.0 Å². The van der Waals surface area contributed by atoms with E-state index >= 15 is 0 Å². The van der Waals surface area contributed by atoms with Crippen molar-refractivity contribution in [2.75, 3.05) is 6.61 Å².